The minimum Gasteiger partial charge on any atom is -0.293 e. The molecule has 0 bridgehead atoms. The first-order chi connectivity index (χ1) is 13.7. The smallest absolute Gasteiger partial charge is 0.293 e. The number of aromatic nitrogens is 1. The second kappa shape index (κ2) is 8.88. The van der Waals surface area contributed by atoms with Crippen molar-refractivity contribution in [1.29, 1.82) is 0 Å². The number of ketones is 1. The molecular weight excluding hydrogens is 397 g/mol. The third-order valence-electron chi connectivity index (χ3n) is 4.46. The number of nitrogens with zero attached hydrogens (tertiary/aromatic N) is 2. The van der Waals surface area contributed by atoms with Crippen molar-refractivity contribution in [1.82, 2.24) is 9.88 Å². The molecule has 0 saturated heterocycles. The molecule has 0 unspecified atom stereocenters. The van der Waals surface area contributed by atoms with Crippen LogP contribution in [0.1, 0.15) is 44.7 Å². The van der Waals surface area contributed by atoms with Crippen molar-refractivity contribution in [3.05, 3.63) is 86.9 Å². The van der Waals surface area contributed by atoms with E-state index in [2.05, 4.69) is 4.98 Å². The molecule has 0 radical (unpaired) electrons. The van der Waals surface area contributed by atoms with Crippen molar-refractivity contribution in [2.75, 3.05) is 0 Å². The highest BCUT2D eigenvalue weighted by Crippen LogP contribution is 2.30. The molecule has 7 heteroatoms. The number of Topliss-reactive ketones (excluding diaryl/α,β-unsaturated/α-hetero) is 1. The van der Waals surface area contributed by atoms with Gasteiger partial charge in [-0.25, -0.2) is 4.98 Å². The molecule has 1 heterocycles. The van der Waals surface area contributed by atoms with Gasteiger partial charge in [0.05, 0.1) is 12.1 Å². The van der Waals surface area contributed by atoms with E-state index in [9.17, 15) is 18.0 Å². The maximum atomic E-state index is 13.1. The Bertz CT molecular complexity index is 980. The van der Waals surface area contributed by atoms with Crippen molar-refractivity contribution in [2.45, 2.75) is 39.7 Å². The number of rotatable bonds is 7. The molecule has 152 valence electrons. The van der Waals surface area contributed by atoms with Crippen molar-refractivity contribution in [2.24, 2.45) is 0 Å². The van der Waals surface area contributed by atoms with Crippen LogP contribution in [-0.4, -0.2) is 15.7 Å². The van der Waals surface area contributed by atoms with E-state index in [1.165, 1.54) is 30.4 Å². The molecule has 3 aromatic rings. The van der Waals surface area contributed by atoms with Crippen LogP contribution in [0.5, 0.6) is 0 Å². The molecular formula is C22H21F3N2OS. The lowest BCUT2D eigenvalue weighted by Crippen LogP contribution is -2.22. The van der Waals surface area contributed by atoms with E-state index in [1.54, 1.807) is 11.4 Å². The zero-order chi connectivity index (χ0) is 21.0. The third kappa shape index (κ3) is 5.98. The summed E-state index contributed by atoms with van der Waals surface area (Å²) in [5.41, 5.74) is 2.54. The first-order valence-electron chi connectivity index (χ1n) is 9.10. The molecule has 0 amide bonds. The van der Waals surface area contributed by atoms with Crippen LogP contribution in [0.4, 0.5) is 13.2 Å². The minimum atomic E-state index is -4.37. The van der Waals surface area contributed by atoms with Crippen molar-refractivity contribution < 1.29 is 18.0 Å². The Morgan fingerprint density at radius 2 is 1.72 bits per heavy atom. The maximum Gasteiger partial charge on any atom is 0.416 e. The van der Waals surface area contributed by atoms with E-state index in [1.807, 2.05) is 36.1 Å². The van der Waals surface area contributed by atoms with Gasteiger partial charge in [-0.1, -0.05) is 48.0 Å². The molecule has 3 rings (SSSR count). The number of aryl methyl sites for hydroxylation is 1. The Labute approximate surface area is 171 Å². The highest BCUT2D eigenvalue weighted by atomic mass is 32.1. The number of halogens is 3. The molecule has 0 saturated carbocycles. The highest BCUT2D eigenvalue weighted by molar-refractivity contribution is 7.09. The highest BCUT2D eigenvalue weighted by Gasteiger charge is 2.30. The van der Waals surface area contributed by atoms with Gasteiger partial charge in [-0.05, 0) is 24.1 Å². The van der Waals surface area contributed by atoms with Gasteiger partial charge in [0.2, 0.25) is 0 Å². The summed E-state index contributed by atoms with van der Waals surface area (Å²) in [7, 11) is 0. The van der Waals surface area contributed by atoms with Gasteiger partial charge < -0.3 is 0 Å². The minimum absolute atomic E-state index is 0.101. The first kappa shape index (κ1) is 21.2. The largest absolute Gasteiger partial charge is 0.416 e. The van der Waals surface area contributed by atoms with Crippen LogP contribution in [0.3, 0.4) is 0 Å². The molecule has 29 heavy (non-hydrogen) atoms. The monoisotopic (exact) mass is 418 g/mol. The Kier molecular flexibility index (Phi) is 6.49. The molecule has 0 aliphatic heterocycles. The van der Waals surface area contributed by atoms with Gasteiger partial charge in [0.1, 0.15) is 10.7 Å². The van der Waals surface area contributed by atoms with E-state index in [4.69, 9.17) is 0 Å². The summed E-state index contributed by atoms with van der Waals surface area (Å²) in [5, 5.41) is 2.47. The Hall–Kier alpha value is -2.51. The third-order valence-corrected chi connectivity index (χ3v) is 5.29. The summed E-state index contributed by atoms with van der Waals surface area (Å²) >= 11 is 1.38. The van der Waals surface area contributed by atoms with Crippen molar-refractivity contribution in [3.8, 4) is 0 Å². The summed E-state index contributed by atoms with van der Waals surface area (Å²) in [6.07, 6.45) is -4.37. The second-order valence-electron chi connectivity index (χ2n) is 7.01. The molecule has 2 aromatic carbocycles. The molecule has 0 atom stereocenters. The maximum absolute atomic E-state index is 13.1. The fraction of sp³-hybridized carbons (Fsp3) is 0.273. The number of benzene rings is 2. The number of thiazole rings is 1. The van der Waals surface area contributed by atoms with Gasteiger partial charge in [0.25, 0.3) is 0 Å². The van der Waals surface area contributed by atoms with Gasteiger partial charge in [-0.15, -0.1) is 11.3 Å². The molecule has 0 aliphatic rings. The number of alkyl halides is 3. The van der Waals surface area contributed by atoms with Gasteiger partial charge in [-0.2, -0.15) is 13.2 Å². The van der Waals surface area contributed by atoms with Crippen LogP contribution in [-0.2, 0) is 25.8 Å². The molecule has 0 aliphatic carbocycles. The Morgan fingerprint density at radius 1 is 1.03 bits per heavy atom. The second-order valence-corrected chi connectivity index (χ2v) is 7.95. The fourth-order valence-electron chi connectivity index (χ4n) is 2.96. The average molecular weight is 418 g/mol. The molecule has 1 aromatic heterocycles. The molecule has 0 fully saturated rings. The lowest BCUT2D eigenvalue weighted by atomic mass is 10.1. The number of hydrogen-bond donors (Lipinski definition) is 0. The summed E-state index contributed by atoms with van der Waals surface area (Å²) in [4.78, 5) is 17.9. The number of carbonyl (C=O) groups excluding carboxylic acids is 1. The summed E-state index contributed by atoms with van der Waals surface area (Å²) < 4.78 is 39.2. The van der Waals surface area contributed by atoms with E-state index in [0.717, 1.165) is 22.2 Å². The summed E-state index contributed by atoms with van der Waals surface area (Å²) in [6.45, 7) is 4.81. The zero-order valence-corrected chi connectivity index (χ0v) is 17.0. The quantitative estimate of drug-likeness (QED) is 0.450. The van der Waals surface area contributed by atoms with Crippen LogP contribution in [0, 0.1) is 6.92 Å². The molecule has 0 spiro atoms. The average Bonchev–Trinajstić information content (AvgIpc) is 3.12. The lowest BCUT2D eigenvalue weighted by Gasteiger charge is -2.22. The number of carbonyl (C=O) groups is 1. The molecule has 3 nitrogen and oxygen atoms in total. The summed E-state index contributed by atoms with van der Waals surface area (Å²) in [6, 6.07) is 13.4. The predicted molar refractivity (Wildman–Crippen MR) is 108 cm³/mol. The van der Waals surface area contributed by atoms with E-state index in [0.29, 0.717) is 30.9 Å². The standard InChI is InChI=1S/C22H21F3N2OS/c1-15-6-8-17(9-7-15)11-27(13-21-26-20(14-29-21)16(2)28)12-18-4-3-5-19(10-18)22(23,24)25/h3-10,14H,11-13H2,1-2H3. The predicted octanol–water partition coefficient (Wildman–Crippen LogP) is 5.88. The van der Waals surface area contributed by atoms with Gasteiger partial charge in [0, 0.05) is 25.4 Å². The van der Waals surface area contributed by atoms with Gasteiger partial charge in [-0.3, -0.25) is 9.69 Å². The van der Waals surface area contributed by atoms with Crippen LogP contribution in [0.25, 0.3) is 0 Å². The summed E-state index contributed by atoms with van der Waals surface area (Å²) in [5.74, 6) is -0.101. The normalized spacial score (nSPS) is 11.8. The van der Waals surface area contributed by atoms with Crippen LogP contribution in [0.15, 0.2) is 53.9 Å². The Morgan fingerprint density at radius 3 is 2.34 bits per heavy atom. The van der Waals surface area contributed by atoms with Crippen LogP contribution >= 0.6 is 11.3 Å². The van der Waals surface area contributed by atoms with Crippen LogP contribution < -0.4 is 0 Å². The van der Waals surface area contributed by atoms with E-state index >= 15 is 0 Å². The first-order valence-corrected chi connectivity index (χ1v) is 9.98. The fourth-order valence-corrected chi connectivity index (χ4v) is 3.83. The lowest BCUT2D eigenvalue weighted by molar-refractivity contribution is -0.137. The van der Waals surface area contributed by atoms with E-state index < -0.39 is 11.7 Å². The van der Waals surface area contributed by atoms with Crippen LogP contribution in [0.2, 0.25) is 0 Å². The SMILES string of the molecule is CC(=O)c1csc(CN(Cc2ccc(C)cc2)Cc2cccc(C(F)(F)F)c2)n1. The van der Waals surface area contributed by atoms with Crippen molar-refractivity contribution in [3.63, 3.8) is 0 Å². The Balaban J connectivity index is 1.83. The van der Waals surface area contributed by atoms with E-state index in [-0.39, 0.29) is 5.78 Å². The van der Waals surface area contributed by atoms with Gasteiger partial charge in [0.15, 0.2) is 5.78 Å². The topological polar surface area (TPSA) is 33.2 Å². The zero-order valence-electron chi connectivity index (χ0n) is 16.2. The van der Waals surface area contributed by atoms with Gasteiger partial charge >= 0.3 is 6.18 Å². The molecule has 0 N–H and O–H groups in total. The van der Waals surface area contributed by atoms with Crippen molar-refractivity contribution >= 4 is 17.1 Å². The number of hydrogen-bond acceptors (Lipinski definition) is 4.